The second-order valence-corrected chi connectivity index (χ2v) is 7.06. The summed E-state index contributed by atoms with van der Waals surface area (Å²) in [6, 6.07) is 6.10. The van der Waals surface area contributed by atoms with E-state index < -0.39 is 6.10 Å². The van der Waals surface area contributed by atoms with E-state index in [-0.39, 0.29) is 5.82 Å². The van der Waals surface area contributed by atoms with Gasteiger partial charge in [0.15, 0.2) is 0 Å². The number of aromatic nitrogens is 1. The number of aliphatic hydroxyl groups excluding tert-OH is 1. The number of aliphatic hydroxyl groups is 1. The summed E-state index contributed by atoms with van der Waals surface area (Å²) in [7, 11) is 0. The number of aryl methyl sites for hydroxylation is 1. The monoisotopic (exact) mass is 335 g/mol. The summed E-state index contributed by atoms with van der Waals surface area (Å²) in [5.41, 5.74) is 1.92. The van der Waals surface area contributed by atoms with Gasteiger partial charge in [-0.1, -0.05) is 12.1 Å². The van der Waals surface area contributed by atoms with Crippen molar-refractivity contribution < 1.29 is 9.50 Å². The summed E-state index contributed by atoms with van der Waals surface area (Å²) < 4.78 is 12.9. The highest BCUT2D eigenvalue weighted by Crippen LogP contribution is 2.17. The molecule has 1 aliphatic heterocycles. The van der Waals surface area contributed by atoms with Gasteiger partial charge in [0.1, 0.15) is 5.82 Å². The molecule has 0 bridgehead atoms. The summed E-state index contributed by atoms with van der Waals surface area (Å²) in [6.07, 6.45) is -0.566. The molecule has 1 unspecified atom stereocenters. The molecule has 0 aliphatic carbocycles. The van der Waals surface area contributed by atoms with E-state index in [1.54, 1.807) is 23.5 Å². The number of β-amino-alcohol motifs (C(OH)–C–C–N with tert-alkyl or cyclic N) is 1. The molecule has 124 valence electrons. The Balaban J connectivity index is 1.46. The molecule has 23 heavy (non-hydrogen) atoms. The van der Waals surface area contributed by atoms with E-state index in [1.807, 2.05) is 6.92 Å². The first-order chi connectivity index (χ1) is 11.1. The molecule has 1 N–H and O–H groups in total. The molecule has 1 aromatic heterocycles. The third kappa shape index (κ3) is 4.57. The molecule has 1 saturated heterocycles. The second-order valence-electron chi connectivity index (χ2n) is 6.00. The first-order valence-electron chi connectivity index (χ1n) is 7.89. The Hall–Kier alpha value is -1.34. The first kappa shape index (κ1) is 16.5. The van der Waals surface area contributed by atoms with Gasteiger partial charge in [-0.2, -0.15) is 0 Å². The quantitative estimate of drug-likeness (QED) is 0.911. The van der Waals surface area contributed by atoms with E-state index in [4.69, 9.17) is 0 Å². The highest BCUT2D eigenvalue weighted by atomic mass is 32.1. The Bertz CT molecular complexity index is 623. The minimum atomic E-state index is -0.566. The predicted molar refractivity (Wildman–Crippen MR) is 89.9 cm³/mol. The average Bonchev–Trinajstić information content (AvgIpc) is 2.95. The molecule has 2 aromatic rings. The minimum absolute atomic E-state index is 0.271. The van der Waals surface area contributed by atoms with Crippen LogP contribution in [0.4, 0.5) is 4.39 Å². The summed E-state index contributed by atoms with van der Waals surface area (Å²) in [5, 5.41) is 13.5. The molecule has 0 radical (unpaired) electrons. The standard InChI is InChI=1S/C17H22FN3OS/c1-13-19-16(12-23-13)10-20-6-8-21(9-7-20)11-17(22)14-2-4-15(18)5-3-14/h2-5,12,17,22H,6-11H2,1H3. The van der Waals surface area contributed by atoms with Gasteiger partial charge in [-0.25, -0.2) is 9.37 Å². The van der Waals surface area contributed by atoms with Crippen molar-refractivity contribution >= 4 is 11.3 Å². The molecule has 6 heteroatoms. The van der Waals surface area contributed by atoms with E-state index >= 15 is 0 Å². The van der Waals surface area contributed by atoms with E-state index in [0.29, 0.717) is 6.54 Å². The van der Waals surface area contributed by atoms with Gasteiger partial charge in [0, 0.05) is 44.6 Å². The van der Waals surface area contributed by atoms with Crippen LogP contribution < -0.4 is 0 Å². The van der Waals surface area contributed by atoms with Crippen molar-refractivity contribution in [3.63, 3.8) is 0 Å². The van der Waals surface area contributed by atoms with Crippen molar-refractivity contribution in [2.45, 2.75) is 19.6 Å². The lowest BCUT2D eigenvalue weighted by atomic mass is 10.1. The number of benzene rings is 1. The Labute approximate surface area is 140 Å². The maximum Gasteiger partial charge on any atom is 0.123 e. The van der Waals surface area contributed by atoms with Gasteiger partial charge in [0.25, 0.3) is 0 Å². The van der Waals surface area contributed by atoms with Crippen LogP contribution in [0.2, 0.25) is 0 Å². The Morgan fingerprint density at radius 3 is 2.43 bits per heavy atom. The predicted octanol–water partition coefficient (Wildman–Crippen LogP) is 2.44. The number of thiazole rings is 1. The maximum absolute atomic E-state index is 12.9. The molecule has 0 amide bonds. The van der Waals surface area contributed by atoms with E-state index in [9.17, 15) is 9.50 Å². The summed E-state index contributed by atoms with van der Waals surface area (Å²) in [5.74, 6) is -0.271. The third-order valence-corrected chi connectivity index (χ3v) is 5.03. The lowest BCUT2D eigenvalue weighted by Gasteiger charge is -2.35. The third-order valence-electron chi connectivity index (χ3n) is 4.20. The summed E-state index contributed by atoms with van der Waals surface area (Å²) >= 11 is 1.69. The van der Waals surface area contributed by atoms with Gasteiger partial charge in [-0.3, -0.25) is 9.80 Å². The fraction of sp³-hybridized carbons (Fsp3) is 0.471. The number of nitrogens with zero attached hydrogens (tertiary/aromatic N) is 3. The van der Waals surface area contributed by atoms with Crippen LogP contribution in [0, 0.1) is 12.7 Å². The van der Waals surface area contributed by atoms with Crippen LogP contribution in [0.5, 0.6) is 0 Å². The van der Waals surface area contributed by atoms with Gasteiger partial charge < -0.3 is 5.11 Å². The zero-order valence-electron chi connectivity index (χ0n) is 13.3. The molecule has 0 saturated carbocycles. The normalized spacial score (nSPS) is 18.2. The van der Waals surface area contributed by atoms with Gasteiger partial charge in [-0.05, 0) is 24.6 Å². The van der Waals surface area contributed by atoms with Crippen molar-refractivity contribution in [1.82, 2.24) is 14.8 Å². The van der Waals surface area contributed by atoms with Crippen molar-refractivity contribution in [3.8, 4) is 0 Å². The smallest absolute Gasteiger partial charge is 0.123 e. The zero-order chi connectivity index (χ0) is 16.2. The van der Waals surface area contributed by atoms with Gasteiger partial charge in [0.2, 0.25) is 0 Å². The molecule has 3 rings (SSSR count). The van der Waals surface area contributed by atoms with Crippen LogP contribution in [0.3, 0.4) is 0 Å². The van der Waals surface area contributed by atoms with Gasteiger partial charge in [-0.15, -0.1) is 11.3 Å². The van der Waals surface area contributed by atoms with Gasteiger partial charge in [0.05, 0.1) is 16.8 Å². The van der Waals surface area contributed by atoms with Crippen LogP contribution in [0.15, 0.2) is 29.6 Å². The largest absolute Gasteiger partial charge is 0.387 e. The van der Waals surface area contributed by atoms with E-state index in [0.717, 1.165) is 49.0 Å². The van der Waals surface area contributed by atoms with Crippen LogP contribution in [0.25, 0.3) is 0 Å². The maximum atomic E-state index is 12.9. The van der Waals surface area contributed by atoms with Gasteiger partial charge >= 0.3 is 0 Å². The molecule has 1 aromatic carbocycles. The van der Waals surface area contributed by atoms with Crippen LogP contribution in [-0.2, 0) is 6.54 Å². The van der Waals surface area contributed by atoms with Crippen LogP contribution in [0.1, 0.15) is 22.4 Å². The molecule has 0 spiro atoms. The molecule has 1 fully saturated rings. The first-order valence-corrected chi connectivity index (χ1v) is 8.77. The molecule has 1 aliphatic rings. The SMILES string of the molecule is Cc1nc(CN2CCN(CC(O)c3ccc(F)cc3)CC2)cs1. The summed E-state index contributed by atoms with van der Waals surface area (Å²) in [6.45, 7) is 7.35. The molecule has 1 atom stereocenters. The Morgan fingerprint density at radius 2 is 1.83 bits per heavy atom. The highest BCUT2D eigenvalue weighted by Gasteiger charge is 2.20. The highest BCUT2D eigenvalue weighted by molar-refractivity contribution is 7.09. The lowest BCUT2D eigenvalue weighted by Crippen LogP contribution is -2.47. The number of rotatable bonds is 5. The van der Waals surface area contributed by atoms with E-state index in [2.05, 4.69) is 20.2 Å². The Morgan fingerprint density at radius 1 is 1.17 bits per heavy atom. The Kier molecular flexibility index (Phi) is 5.38. The molecular formula is C17H22FN3OS. The lowest BCUT2D eigenvalue weighted by molar-refractivity contribution is 0.0697. The van der Waals surface area contributed by atoms with Crippen molar-refractivity contribution in [1.29, 1.82) is 0 Å². The van der Waals surface area contributed by atoms with Crippen molar-refractivity contribution in [2.75, 3.05) is 32.7 Å². The second kappa shape index (κ2) is 7.49. The number of hydrogen-bond acceptors (Lipinski definition) is 5. The fourth-order valence-corrected chi connectivity index (χ4v) is 3.48. The van der Waals surface area contributed by atoms with Crippen LogP contribution in [-0.4, -0.2) is 52.6 Å². The fourth-order valence-electron chi connectivity index (χ4n) is 2.87. The molecular weight excluding hydrogens is 313 g/mol. The van der Waals surface area contributed by atoms with Crippen molar-refractivity contribution in [3.05, 3.63) is 51.7 Å². The number of halogens is 1. The minimum Gasteiger partial charge on any atom is -0.387 e. The molecule has 4 nitrogen and oxygen atoms in total. The zero-order valence-corrected chi connectivity index (χ0v) is 14.1. The van der Waals surface area contributed by atoms with Crippen molar-refractivity contribution in [2.24, 2.45) is 0 Å². The number of piperazine rings is 1. The molecule has 2 heterocycles. The topological polar surface area (TPSA) is 39.6 Å². The average molecular weight is 335 g/mol. The summed E-state index contributed by atoms with van der Waals surface area (Å²) in [4.78, 5) is 9.17. The van der Waals surface area contributed by atoms with E-state index in [1.165, 1.54) is 12.1 Å². The van der Waals surface area contributed by atoms with Crippen LogP contribution >= 0.6 is 11.3 Å². The number of hydrogen-bond donors (Lipinski definition) is 1.